The number of rotatable bonds is 6. The van der Waals surface area contributed by atoms with Crippen LogP contribution in [-0.2, 0) is 9.53 Å². The Kier molecular flexibility index (Phi) is 6.01. The van der Waals surface area contributed by atoms with Crippen molar-refractivity contribution < 1.29 is 23.8 Å². The van der Waals surface area contributed by atoms with Crippen LogP contribution in [-0.4, -0.2) is 31.6 Å². The molecule has 1 rings (SSSR count). The van der Waals surface area contributed by atoms with Crippen molar-refractivity contribution in [3.05, 3.63) is 22.2 Å². The van der Waals surface area contributed by atoms with Crippen LogP contribution in [0.15, 0.2) is 16.6 Å². The SMILES string of the molecule is CCOC(=O)C(=O)c1cc(OC(C)C)c(OC)cc1Br. The number of esters is 1. The summed E-state index contributed by atoms with van der Waals surface area (Å²) in [4.78, 5) is 23.5. The third-order valence-electron chi connectivity index (χ3n) is 2.32. The highest BCUT2D eigenvalue weighted by atomic mass is 79.9. The summed E-state index contributed by atoms with van der Waals surface area (Å²) in [6.45, 7) is 5.50. The Balaban J connectivity index is 3.20. The highest BCUT2D eigenvalue weighted by Crippen LogP contribution is 2.34. The summed E-state index contributed by atoms with van der Waals surface area (Å²) >= 11 is 3.24. The average Bonchev–Trinajstić information content (AvgIpc) is 2.39. The van der Waals surface area contributed by atoms with Gasteiger partial charge in [0.1, 0.15) is 0 Å². The minimum atomic E-state index is -0.895. The molecule has 0 saturated heterocycles. The lowest BCUT2D eigenvalue weighted by Crippen LogP contribution is -2.18. The topological polar surface area (TPSA) is 61.8 Å². The number of halogens is 1. The molecule has 0 amide bonds. The quantitative estimate of drug-likeness (QED) is 0.451. The van der Waals surface area contributed by atoms with Crippen molar-refractivity contribution in [3.8, 4) is 11.5 Å². The Morgan fingerprint density at radius 2 is 1.90 bits per heavy atom. The van der Waals surface area contributed by atoms with Gasteiger partial charge in [0, 0.05) is 10.0 Å². The first-order valence-electron chi connectivity index (χ1n) is 6.16. The van der Waals surface area contributed by atoms with Gasteiger partial charge in [0.15, 0.2) is 11.5 Å². The highest BCUT2D eigenvalue weighted by Gasteiger charge is 2.23. The molecule has 0 bridgehead atoms. The van der Waals surface area contributed by atoms with Crippen molar-refractivity contribution in [2.45, 2.75) is 26.9 Å². The predicted molar refractivity (Wildman–Crippen MR) is 77.4 cm³/mol. The second kappa shape index (κ2) is 7.28. The van der Waals surface area contributed by atoms with Gasteiger partial charge in [-0.1, -0.05) is 0 Å². The zero-order valence-corrected chi connectivity index (χ0v) is 13.4. The normalized spacial score (nSPS) is 10.3. The van der Waals surface area contributed by atoms with Crippen LogP contribution in [0.25, 0.3) is 0 Å². The summed E-state index contributed by atoms with van der Waals surface area (Å²) < 4.78 is 15.9. The Morgan fingerprint density at radius 3 is 2.40 bits per heavy atom. The van der Waals surface area contributed by atoms with E-state index in [0.29, 0.717) is 16.0 Å². The van der Waals surface area contributed by atoms with Crippen molar-refractivity contribution in [1.29, 1.82) is 0 Å². The number of carbonyl (C=O) groups is 2. The minimum absolute atomic E-state index is 0.0874. The molecule has 0 saturated carbocycles. The molecule has 1 aromatic carbocycles. The van der Waals surface area contributed by atoms with E-state index in [1.807, 2.05) is 13.8 Å². The number of methoxy groups -OCH3 is 1. The summed E-state index contributed by atoms with van der Waals surface area (Å²) in [7, 11) is 1.50. The van der Waals surface area contributed by atoms with E-state index in [1.165, 1.54) is 13.2 Å². The molecule has 110 valence electrons. The Labute approximate surface area is 126 Å². The van der Waals surface area contributed by atoms with Crippen LogP contribution in [0.5, 0.6) is 11.5 Å². The van der Waals surface area contributed by atoms with Crippen molar-refractivity contribution in [2.24, 2.45) is 0 Å². The Hall–Kier alpha value is -1.56. The maximum absolute atomic E-state index is 12.0. The zero-order chi connectivity index (χ0) is 15.3. The summed E-state index contributed by atoms with van der Waals surface area (Å²) in [5, 5.41) is 0. The van der Waals surface area contributed by atoms with Crippen molar-refractivity contribution in [3.63, 3.8) is 0 Å². The summed E-state index contributed by atoms with van der Waals surface area (Å²) in [5.41, 5.74) is 0.180. The number of carbonyl (C=O) groups excluding carboxylic acids is 2. The summed E-state index contributed by atoms with van der Waals surface area (Å²) in [5.74, 6) is -0.742. The van der Waals surface area contributed by atoms with Gasteiger partial charge in [0.05, 0.1) is 19.8 Å². The summed E-state index contributed by atoms with van der Waals surface area (Å²) in [6, 6.07) is 3.06. The molecule has 0 atom stereocenters. The van der Waals surface area contributed by atoms with E-state index in [9.17, 15) is 9.59 Å². The van der Waals surface area contributed by atoms with E-state index < -0.39 is 11.8 Å². The molecule has 0 spiro atoms. The molecule has 1 aromatic rings. The molecule has 0 N–H and O–H groups in total. The van der Waals surface area contributed by atoms with Crippen molar-refractivity contribution >= 4 is 27.7 Å². The zero-order valence-electron chi connectivity index (χ0n) is 11.9. The van der Waals surface area contributed by atoms with Gasteiger partial charge in [-0.25, -0.2) is 4.79 Å². The molecule has 0 heterocycles. The van der Waals surface area contributed by atoms with Crippen LogP contribution in [0, 0.1) is 0 Å². The number of hydrogen-bond acceptors (Lipinski definition) is 5. The van der Waals surface area contributed by atoms with Crippen LogP contribution in [0.1, 0.15) is 31.1 Å². The molecular weight excluding hydrogens is 328 g/mol. The number of Topliss-reactive ketones (excluding diaryl/α,β-unsaturated/α-hetero) is 1. The van der Waals surface area contributed by atoms with Crippen molar-refractivity contribution in [2.75, 3.05) is 13.7 Å². The fraction of sp³-hybridized carbons (Fsp3) is 0.429. The van der Waals surface area contributed by atoms with Gasteiger partial charge in [-0.2, -0.15) is 0 Å². The molecule has 0 fully saturated rings. The van der Waals surface area contributed by atoms with Crippen LogP contribution in [0.3, 0.4) is 0 Å². The van der Waals surface area contributed by atoms with Crippen molar-refractivity contribution in [1.82, 2.24) is 0 Å². The van der Waals surface area contributed by atoms with Gasteiger partial charge in [-0.3, -0.25) is 4.79 Å². The smallest absolute Gasteiger partial charge is 0.379 e. The van der Waals surface area contributed by atoms with Gasteiger partial charge < -0.3 is 14.2 Å². The van der Waals surface area contributed by atoms with Gasteiger partial charge in [-0.15, -0.1) is 0 Å². The van der Waals surface area contributed by atoms with E-state index >= 15 is 0 Å². The molecule has 0 aliphatic heterocycles. The first-order valence-corrected chi connectivity index (χ1v) is 6.95. The second-order valence-corrected chi connectivity index (χ2v) is 5.05. The third-order valence-corrected chi connectivity index (χ3v) is 2.98. The van der Waals surface area contributed by atoms with Crippen LogP contribution in [0.4, 0.5) is 0 Å². The fourth-order valence-electron chi connectivity index (χ4n) is 1.52. The molecular formula is C14H17BrO5. The largest absolute Gasteiger partial charge is 0.493 e. The van der Waals surface area contributed by atoms with Gasteiger partial charge in [0.25, 0.3) is 5.78 Å². The van der Waals surface area contributed by atoms with E-state index in [0.717, 1.165) is 0 Å². The van der Waals surface area contributed by atoms with Gasteiger partial charge in [0.2, 0.25) is 0 Å². The average molecular weight is 345 g/mol. The number of benzene rings is 1. The summed E-state index contributed by atoms with van der Waals surface area (Å²) in [6.07, 6.45) is -0.0874. The second-order valence-electron chi connectivity index (χ2n) is 4.20. The molecule has 0 radical (unpaired) electrons. The van der Waals surface area contributed by atoms with E-state index in [2.05, 4.69) is 15.9 Å². The van der Waals surface area contributed by atoms with Crippen LogP contribution >= 0.6 is 15.9 Å². The molecule has 0 aliphatic carbocycles. The lowest BCUT2D eigenvalue weighted by molar-refractivity contribution is -0.137. The highest BCUT2D eigenvalue weighted by molar-refractivity contribution is 9.10. The molecule has 6 heteroatoms. The maximum atomic E-state index is 12.0. The fourth-order valence-corrected chi connectivity index (χ4v) is 2.02. The van der Waals surface area contributed by atoms with Crippen LogP contribution in [0.2, 0.25) is 0 Å². The van der Waals surface area contributed by atoms with Gasteiger partial charge >= 0.3 is 5.97 Å². The lowest BCUT2D eigenvalue weighted by Gasteiger charge is -2.15. The molecule has 0 unspecified atom stereocenters. The number of ether oxygens (including phenoxy) is 3. The third kappa shape index (κ3) is 3.96. The molecule has 5 nitrogen and oxygen atoms in total. The Morgan fingerprint density at radius 1 is 1.25 bits per heavy atom. The van der Waals surface area contributed by atoms with E-state index in [-0.39, 0.29) is 18.3 Å². The predicted octanol–water partition coefficient (Wildman–Crippen LogP) is 2.99. The van der Waals surface area contributed by atoms with Gasteiger partial charge in [-0.05, 0) is 48.8 Å². The maximum Gasteiger partial charge on any atom is 0.379 e. The number of hydrogen-bond donors (Lipinski definition) is 0. The monoisotopic (exact) mass is 344 g/mol. The first-order chi connectivity index (χ1) is 9.40. The van der Waals surface area contributed by atoms with E-state index in [4.69, 9.17) is 14.2 Å². The van der Waals surface area contributed by atoms with E-state index in [1.54, 1.807) is 13.0 Å². The minimum Gasteiger partial charge on any atom is -0.493 e. The van der Waals surface area contributed by atoms with Crippen LogP contribution < -0.4 is 9.47 Å². The lowest BCUT2D eigenvalue weighted by atomic mass is 10.1. The Bertz CT molecular complexity index is 511. The molecule has 20 heavy (non-hydrogen) atoms. The number of ketones is 1. The molecule has 0 aliphatic rings. The molecule has 0 aromatic heterocycles. The first kappa shape index (κ1) is 16.5. The standard InChI is InChI=1S/C14H17BrO5/c1-5-19-14(17)13(16)9-6-12(20-8(2)3)11(18-4)7-10(9)15/h6-8H,5H2,1-4H3.